The van der Waals surface area contributed by atoms with Crippen LogP contribution in [0.25, 0.3) is 0 Å². The van der Waals surface area contributed by atoms with Gasteiger partial charge in [-0.25, -0.2) is 12.8 Å². The highest BCUT2D eigenvalue weighted by Gasteiger charge is 2.38. The molecule has 0 N–H and O–H groups in total. The van der Waals surface area contributed by atoms with E-state index in [0.717, 1.165) is 17.2 Å². The van der Waals surface area contributed by atoms with Gasteiger partial charge in [0.05, 0.1) is 5.75 Å². The highest BCUT2D eigenvalue weighted by molar-refractivity contribution is 8.72. The van der Waals surface area contributed by atoms with E-state index >= 15 is 0 Å². The van der Waals surface area contributed by atoms with Crippen LogP contribution < -0.4 is 0 Å². The predicted octanol–water partition coefficient (Wildman–Crippen LogP) is 1.82. The maximum absolute atomic E-state index is 13.0. The van der Waals surface area contributed by atoms with Crippen molar-refractivity contribution in [3.63, 3.8) is 0 Å². The molecule has 0 aromatic carbocycles. The van der Waals surface area contributed by atoms with E-state index in [1.807, 2.05) is 0 Å². The van der Waals surface area contributed by atoms with Crippen LogP contribution in [0, 0.1) is 11.8 Å². The molecule has 1 saturated heterocycles. The van der Waals surface area contributed by atoms with Gasteiger partial charge in [0.2, 0.25) is 8.87 Å². The van der Waals surface area contributed by atoms with Gasteiger partial charge in [0.1, 0.15) is 6.17 Å². The molecule has 76 valence electrons. The first-order chi connectivity index (χ1) is 6.07. The van der Waals surface area contributed by atoms with E-state index in [9.17, 15) is 12.8 Å². The molecule has 2 nitrogen and oxygen atoms in total. The topological polar surface area (TPSA) is 34.1 Å². The van der Waals surface area contributed by atoms with Gasteiger partial charge in [-0.15, -0.1) is 0 Å². The fourth-order valence-electron chi connectivity index (χ4n) is 2.19. The minimum atomic E-state index is -2.93. The molecule has 0 spiro atoms. The Balaban J connectivity index is 2.08. The van der Waals surface area contributed by atoms with Crippen LogP contribution in [0.15, 0.2) is 0 Å². The average Bonchev–Trinajstić information content (AvgIpc) is 2.01. The van der Waals surface area contributed by atoms with Crippen LogP contribution in [-0.4, -0.2) is 26.1 Å². The first-order valence-electron chi connectivity index (χ1n) is 4.58. The van der Waals surface area contributed by atoms with E-state index in [2.05, 4.69) is 0 Å². The molecule has 5 heteroatoms. The molecule has 0 aromatic rings. The lowest BCUT2D eigenvalue weighted by Gasteiger charge is -2.35. The third-order valence-corrected chi connectivity index (χ3v) is 6.61. The first-order valence-corrected chi connectivity index (χ1v) is 7.73. The van der Waals surface area contributed by atoms with Crippen molar-refractivity contribution < 1.29 is 12.8 Å². The molecule has 0 amide bonds. The zero-order chi connectivity index (χ0) is 9.47. The summed E-state index contributed by atoms with van der Waals surface area (Å²) >= 11 is 0. The molecule has 1 aliphatic heterocycles. The molecule has 0 bridgehead atoms. The number of halogens is 1. The van der Waals surface area contributed by atoms with Crippen molar-refractivity contribution in [2.45, 2.75) is 25.4 Å². The number of rotatable bonds is 0. The van der Waals surface area contributed by atoms with Gasteiger partial charge in [-0.1, -0.05) is 0 Å². The fourth-order valence-corrected chi connectivity index (χ4v) is 6.00. The summed E-state index contributed by atoms with van der Waals surface area (Å²) in [6, 6.07) is 0. The van der Waals surface area contributed by atoms with E-state index in [1.165, 1.54) is 0 Å². The lowest BCUT2D eigenvalue weighted by molar-refractivity contribution is 0.164. The first kappa shape index (κ1) is 9.77. The lowest BCUT2D eigenvalue weighted by atomic mass is 9.80. The molecule has 2 rings (SSSR count). The molecule has 0 aromatic heterocycles. The van der Waals surface area contributed by atoms with Crippen molar-refractivity contribution in [1.82, 2.24) is 0 Å². The fraction of sp³-hybridized carbons (Fsp3) is 1.00. The largest absolute Gasteiger partial charge is 0.247 e. The highest BCUT2D eigenvalue weighted by atomic mass is 33.1. The summed E-state index contributed by atoms with van der Waals surface area (Å²) in [4.78, 5) is 0. The second-order valence-electron chi connectivity index (χ2n) is 3.94. The molecule has 1 saturated carbocycles. The third-order valence-electron chi connectivity index (χ3n) is 2.96. The molecular weight excluding hydrogens is 211 g/mol. The van der Waals surface area contributed by atoms with Crippen LogP contribution in [0.2, 0.25) is 0 Å². The second-order valence-corrected chi connectivity index (χ2v) is 8.19. The smallest absolute Gasteiger partial charge is 0.201 e. The summed E-state index contributed by atoms with van der Waals surface area (Å²) in [6.45, 7) is 0. The van der Waals surface area contributed by atoms with Crippen LogP contribution in [0.4, 0.5) is 4.39 Å². The van der Waals surface area contributed by atoms with E-state index < -0.39 is 15.0 Å². The van der Waals surface area contributed by atoms with Gasteiger partial charge in [0.25, 0.3) is 0 Å². The van der Waals surface area contributed by atoms with Gasteiger partial charge in [0.15, 0.2) is 0 Å². The normalized spacial score (nSPS) is 43.9. The maximum Gasteiger partial charge on any atom is 0.201 e. The van der Waals surface area contributed by atoms with Crippen molar-refractivity contribution in [2.75, 3.05) is 11.5 Å². The molecule has 3 atom stereocenters. The Hall–Kier alpha value is 0.230. The Labute approximate surface area is 81.6 Å². The minimum Gasteiger partial charge on any atom is -0.247 e. The average molecular weight is 224 g/mol. The standard InChI is InChI=1S/C8H13FO2S2/c9-8-2-1-6-4-12-13(10,11)5-7(6)3-8/h6-8H,1-5H2. The highest BCUT2D eigenvalue weighted by Crippen LogP contribution is 2.40. The molecule has 3 unspecified atom stereocenters. The van der Waals surface area contributed by atoms with E-state index in [0.29, 0.717) is 24.5 Å². The third kappa shape index (κ3) is 2.18. The summed E-state index contributed by atoms with van der Waals surface area (Å²) in [5.74, 6) is 1.41. The maximum atomic E-state index is 13.0. The van der Waals surface area contributed by atoms with Crippen molar-refractivity contribution in [1.29, 1.82) is 0 Å². The number of hydrogen-bond acceptors (Lipinski definition) is 3. The Kier molecular flexibility index (Phi) is 2.57. The summed E-state index contributed by atoms with van der Waals surface area (Å²) in [5, 5.41) is 0. The number of hydrogen-bond donors (Lipinski definition) is 0. The van der Waals surface area contributed by atoms with Gasteiger partial charge in [-0.2, -0.15) is 0 Å². The quantitative estimate of drug-likeness (QED) is 0.589. The van der Waals surface area contributed by atoms with Crippen LogP contribution in [0.3, 0.4) is 0 Å². The summed E-state index contributed by atoms with van der Waals surface area (Å²) in [5.41, 5.74) is 0. The van der Waals surface area contributed by atoms with Gasteiger partial charge in [0, 0.05) is 5.75 Å². The monoisotopic (exact) mass is 224 g/mol. The molecule has 1 heterocycles. The molecule has 0 radical (unpaired) electrons. The van der Waals surface area contributed by atoms with Crippen LogP contribution >= 0.6 is 10.8 Å². The molecule has 1 aliphatic carbocycles. The second kappa shape index (κ2) is 3.42. The van der Waals surface area contributed by atoms with Crippen molar-refractivity contribution in [3.8, 4) is 0 Å². The lowest BCUT2D eigenvalue weighted by Crippen LogP contribution is -2.35. The van der Waals surface area contributed by atoms with Crippen molar-refractivity contribution in [2.24, 2.45) is 11.8 Å². The van der Waals surface area contributed by atoms with Crippen LogP contribution in [0.5, 0.6) is 0 Å². The van der Waals surface area contributed by atoms with Gasteiger partial charge in [-0.3, -0.25) is 0 Å². The zero-order valence-electron chi connectivity index (χ0n) is 7.28. The molecule has 2 aliphatic rings. The van der Waals surface area contributed by atoms with Crippen molar-refractivity contribution in [3.05, 3.63) is 0 Å². The van der Waals surface area contributed by atoms with Crippen molar-refractivity contribution >= 4 is 19.7 Å². The van der Waals surface area contributed by atoms with Gasteiger partial charge in [-0.05, 0) is 41.9 Å². The summed E-state index contributed by atoms with van der Waals surface area (Å²) in [6.07, 6.45) is 1.19. The summed E-state index contributed by atoms with van der Waals surface area (Å²) in [7, 11) is -1.87. The van der Waals surface area contributed by atoms with E-state index in [1.54, 1.807) is 0 Å². The SMILES string of the molecule is O=S1(=O)CC2CC(F)CCC2CS1. The molecular formula is C8H13FO2S2. The predicted molar refractivity (Wildman–Crippen MR) is 52.0 cm³/mol. The Bertz CT molecular complexity index is 289. The summed E-state index contributed by atoms with van der Waals surface area (Å²) < 4.78 is 35.5. The Morgan fingerprint density at radius 3 is 2.77 bits per heavy atom. The number of alkyl halides is 1. The molecule has 13 heavy (non-hydrogen) atoms. The number of fused-ring (bicyclic) bond motifs is 1. The van der Waals surface area contributed by atoms with Gasteiger partial charge < -0.3 is 0 Å². The zero-order valence-corrected chi connectivity index (χ0v) is 8.91. The van der Waals surface area contributed by atoms with E-state index in [4.69, 9.17) is 0 Å². The van der Waals surface area contributed by atoms with Crippen LogP contribution in [0.1, 0.15) is 19.3 Å². The van der Waals surface area contributed by atoms with Gasteiger partial charge >= 0.3 is 0 Å². The van der Waals surface area contributed by atoms with Crippen LogP contribution in [-0.2, 0) is 8.87 Å². The Morgan fingerprint density at radius 1 is 1.23 bits per heavy atom. The molecule has 2 fully saturated rings. The minimum absolute atomic E-state index is 0.0926. The van der Waals surface area contributed by atoms with E-state index in [-0.39, 0.29) is 11.7 Å². The Morgan fingerprint density at radius 2 is 2.00 bits per heavy atom.